The fraction of sp³-hybridized carbons (Fsp3) is 0.400. The standard InChI is InChI=1S/C10H12ClFN2/c11-9-2-1-7(5-10(9)12)14-8-3-4-13-6-8/h1-2,5,8,13-14H,3-4,6H2. The molecule has 1 aliphatic rings. The van der Waals surface area contributed by atoms with Gasteiger partial charge in [-0.2, -0.15) is 0 Å². The molecule has 2 N–H and O–H groups in total. The fourth-order valence-electron chi connectivity index (χ4n) is 1.60. The second-order valence-corrected chi connectivity index (χ2v) is 3.87. The molecule has 0 aromatic heterocycles. The molecular formula is C10H12ClFN2. The van der Waals surface area contributed by atoms with Gasteiger partial charge in [0.2, 0.25) is 0 Å². The van der Waals surface area contributed by atoms with Crippen LogP contribution in [0, 0.1) is 5.82 Å². The van der Waals surface area contributed by atoms with Crippen molar-refractivity contribution in [2.45, 2.75) is 12.5 Å². The average molecular weight is 215 g/mol. The lowest BCUT2D eigenvalue weighted by Gasteiger charge is -2.12. The minimum atomic E-state index is -0.373. The predicted octanol–water partition coefficient (Wildman–Crippen LogP) is 2.25. The Morgan fingerprint density at radius 1 is 1.50 bits per heavy atom. The van der Waals surface area contributed by atoms with Crippen LogP contribution >= 0.6 is 11.6 Å². The van der Waals surface area contributed by atoms with E-state index in [0.717, 1.165) is 25.2 Å². The van der Waals surface area contributed by atoms with Gasteiger partial charge >= 0.3 is 0 Å². The highest BCUT2D eigenvalue weighted by atomic mass is 35.5. The summed E-state index contributed by atoms with van der Waals surface area (Å²) < 4.78 is 13.1. The van der Waals surface area contributed by atoms with Gasteiger partial charge in [-0.25, -0.2) is 4.39 Å². The Labute approximate surface area is 87.5 Å². The van der Waals surface area contributed by atoms with Gasteiger partial charge in [-0.15, -0.1) is 0 Å². The van der Waals surface area contributed by atoms with Crippen LogP contribution in [0.1, 0.15) is 6.42 Å². The van der Waals surface area contributed by atoms with E-state index in [9.17, 15) is 4.39 Å². The molecule has 0 radical (unpaired) electrons. The zero-order chi connectivity index (χ0) is 9.97. The van der Waals surface area contributed by atoms with E-state index in [1.54, 1.807) is 12.1 Å². The van der Waals surface area contributed by atoms with Crippen molar-refractivity contribution in [1.29, 1.82) is 0 Å². The lowest BCUT2D eigenvalue weighted by atomic mass is 10.2. The number of rotatable bonds is 2. The van der Waals surface area contributed by atoms with Crippen molar-refractivity contribution in [2.75, 3.05) is 18.4 Å². The van der Waals surface area contributed by atoms with E-state index >= 15 is 0 Å². The van der Waals surface area contributed by atoms with Crippen molar-refractivity contribution in [3.8, 4) is 0 Å². The number of benzene rings is 1. The second kappa shape index (κ2) is 4.15. The molecule has 0 saturated carbocycles. The van der Waals surface area contributed by atoms with Crippen LogP contribution in [0.4, 0.5) is 10.1 Å². The van der Waals surface area contributed by atoms with Crippen molar-refractivity contribution in [2.24, 2.45) is 0 Å². The zero-order valence-corrected chi connectivity index (χ0v) is 8.44. The average Bonchev–Trinajstić information content (AvgIpc) is 2.64. The topological polar surface area (TPSA) is 24.1 Å². The van der Waals surface area contributed by atoms with Gasteiger partial charge in [0.15, 0.2) is 0 Å². The van der Waals surface area contributed by atoms with E-state index in [2.05, 4.69) is 10.6 Å². The SMILES string of the molecule is Fc1cc(NC2CCNC2)ccc1Cl. The highest BCUT2D eigenvalue weighted by Gasteiger charge is 2.14. The first-order chi connectivity index (χ1) is 6.75. The molecule has 4 heteroatoms. The molecular weight excluding hydrogens is 203 g/mol. The van der Waals surface area contributed by atoms with Gasteiger partial charge in [0, 0.05) is 18.3 Å². The van der Waals surface area contributed by atoms with Gasteiger partial charge < -0.3 is 10.6 Å². The third kappa shape index (κ3) is 2.16. The molecule has 0 aliphatic carbocycles. The molecule has 1 aliphatic heterocycles. The van der Waals surface area contributed by atoms with E-state index in [1.165, 1.54) is 6.07 Å². The van der Waals surface area contributed by atoms with E-state index in [-0.39, 0.29) is 10.8 Å². The summed E-state index contributed by atoms with van der Waals surface area (Å²) in [5, 5.41) is 6.65. The molecule has 0 amide bonds. The monoisotopic (exact) mass is 214 g/mol. The highest BCUT2D eigenvalue weighted by Crippen LogP contribution is 2.19. The van der Waals surface area contributed by atoms with Crippen LogP contribution in [0.2, 0.25) is 5.02 Å². The van der Waals surface area contributed by atoms with Gasteiger partial charge in [-0.3, -0.25) is 0 Å². The molecule has 14 heavy (non-hydrogen) atoms. The first kappa shape index (κ1) is 9.74. The van der Waals surface area contributed by atoms with Crippen molar-refractivity contribution in [3.63, 3.8) is 0 Å². The van der Waals surface area contributed by atoms with Crippen molar-refractivity contribution in [3.05, 3.63) is 29.0 Å². The van der Waals surface area contributed by atoms with Crippen LogP contribution in [0.25, 0.3) is 0 Å². The second-order valence-electron chi connectivity index (χ2n) is 3.46. The van der Waals surface area contributed by atoms with Crippen LogP contribution in [-0.2, 0) is 0 Å². The number of anilines is 1. The molecule has 0 bridgehead atoms. The van der Waals surface area contributed by atoms with Crippen LogP contribution in [0.3, 0.4) is 0 Å². The maximum atomic E-state index is 13.1. The van der Waals surface area contributed by atoms with Crippen LogP contribution in [-0.4, -0.2) is 19.1 Å². The Hall–Kier alpha value is -0.800. The molecule has 1 saturated heterocycles. The first-order valence-corrected chi connectivity index (χ1v) is 5.06. The van der Waals surface area contributed by atoms with Crippen molar-refractivity contribution >= 4 is 17.3 Å². The zero-order valence-electron chi connectivity index (χ0n) is 7.69. The molecule has 1 unspecified atom stereocenters. The first-order valence-electron chi connectivity index (χ1n) is 4.68. The number of halogens is 2. The molecule has 2 nitrogen and oxygen atoms in total. The third-order valence-electron chi connectivity index (χ3n) is 2.35. The van der Waals surface area contributed by atoms with Crippen LogP contribution in [0.5, 0.6) is 0 Å². The molecule has 1 aromatic rings. The minimum Gasteiger partial charge on any atom is -0.381 e. The van der Waals surface area contributed by atoms with E-state index < -0.39 is 0 Å². The summed E-state index contributed by atoms with van der Waals surface area (Å²) in [7, 11) is 0. The Bertz CT molecular complexity index is 324. The molecule has 76 valence electrons. The molecule has 1 aromatic carbocycles. The summed E-state index contributed by atoms with van der Waals surface area (Å²) >= 11 is 5.58. The minimum absolute atomic E-state index is 0.167. The third-order valence-corrected chi connectivity index (χ3v) is 2.66. The maximum absolute atomic E-state index is 13.1. The van der Waals surface area contributed by atoms with E-state index in [1.807, 2.05) is 0 Å². The highest BCUT2D eigenvalue weighted by molar-refractivity contribution is 6.30. The molecule has 2 rings (SSSR count). The van der Waals surface area contributed by atoms with Gasteiger partial charge in [0.1, 0.15) is 5.82 Å². The molecule has 1 fully saturated rings. The van der Waals surface area contributed by atoms with Crippen molar-refractivity contribution in [1.82, 2.24) is 5.32 Å². The summed E-state index contributed by atoms with van der Waals surface area (Å²) in [6.45, 7) is 1.96. The largest absolute Gasteiger partial charge is 0.381 e. The van der Waals surface area contributed by atoms with Crippen molar-refractivity contribution < 1.29 is 4.39 Å². The maximum Gasteiger partial charge on any atom is 0.143 e. The quantitative estimate of drug-likeness (QED) is 0.789. The van der Waals surface area contributed by atoms with Gasteiger partial charge in [0.05, 0.1) is 5.02 Å². The summed E-state index contributed by atoms with van der Waals surface area (Å²) in [5.41, 5.74) is 0.792. The lowest BCUT2D eigenvalue weighted by molar-refractivity contribution is 0.628. The van der Waals surface area contributed by atoms with E-state index in [4.69, 9.17) is 11.6 Å². The summed E-state index contributed by atoms with van der Waals surface area (Å²) in [6.07, 6.45) is 1.07. The molecule has 0 spiro atoms. The number of nitrogens with one attached hydrogen (secondary N) is 2. The Morgan fingerprint density at radius 3 is 3.00 bits per heavy atom. The molecule has 1 atom stereocenters. The fourth-order valence-corrected chi connectivity index (χ4v) is 1.72. The number of hydrogen-bond acceptors (Lipinski definition) is 2. The Kier molecular flexibility index (Phi) is 2.89. The van der Waals surface area contributed by atoms with Gasteiger partial charge in [0.25, 0.3) is 0 Å². The Balaban J connectivity index is 2.05. The van der Waals surface area contributed by atoms with Gasteiger partial charge in [-0.05, 0) is 31.2 Å². The normalized spacial score (nSPS) is 21.1. The smallest absolute Gasteiger partial charge is 0.143 e. The van der Waals surface area contributed by atoms with Gasteiger partial charge in [-0.1, -0.05) is 11.6 Å². The van der Waals surface area contributed by atoms with Crippen LogP contribution in [0.15, 0.2) is 18.2 Å². The lowest BCUT2D eigenvalue weighted by Crippen LogP contribution is -2.22. The predicted molar refractivity (Wildman–Crippen MR) is 56.3 cm³/mol. The van der Waals surface area contributed by atoms with E-state index in [0.29, 0.717) is 6.04 Å². The summed E-state index contributed by atoms with van der Waals surface area (Å²) in [4.78, 5) is 0. The summed E-state index contributed by atoms with van der Waals surface area (Å²) in [6, 6.07) is 5.20. The molecule has 1 heterocycles. The summed E-state index contributed by atoms with van der Waals surface area (Å²) in [5.74, 6) is -0.373. The Morgan fingerprint density at radius 2 is 2.36 bits per heavy atom. The van der Waals surface area contributed by atoms with Crippen LogP contribution < -0.4 is 10.6 Å². The number of hydrogen-bond donors (Lipinski definition) is 2.